The first-order valence-electron chi connectivity index (χ1n) is 6.09. The van der Waals surface area contributed by atoms with E-state index in [0.29, 0.717) is 6.61 Å². The van der Waals surface area contributed by atoms with Crippen LogP contribution in [-0.2, 0) is 19.5 Å². The molecule has 1 aromatic rings. The smallest absolute Gasteiger partial charge is 0.341 e. The molecule has 1 aliphatic rings. The van der Waals surface area contributed by atoms with E-state index < -0.39 is 27.4 Å². The van der Waals surface area contributed by atoms with Crippen LogP contribution in [0.2, 0.25) is 0 Å². The highest BCUT2D eigenvalue weighted by atomic mass is 79.9. The summed E-state index contributed by atoms with van der Waals surface area (Å²) < 4.78 is 46.7. The lowest BCUT2D eigenvalue weighted by Gasteiger charge is -2.11. The summed E-state index contributed by atoms with van der Waals surface area (Å²) in [5.74, 6) is -1.85. The molecular formula is C12H13BrFNO5S. The largest absolute Gasteiger partial charge is 0.459 e. The normalized spacial score (nSPS) is 18.7. The molecule has 21 heavy (non-hydrogen) atoms. The van der Waals surface area contributed by atoms with Crippen LogP contribution < -0.4 is 5.14 Å². The Morgan fingerprint density at radius 2 is 2.24 bits per heavy atom. The Morgan fingerprint density at radius 1 is 1.52 bits per heavy atom. The van der Waals surface area contributed by atoms with E-state index in [1.807, 2.05) is 0 Å². The first kappa shape index (κ1) is 16.3. The lowest BCUT2D eigenvalue weighted by molar-refractivity contribution is 0.0157. The molecule has 0 radical (unpaired) electrons. The van der Waals surface area contributed by atoms with Crippen LogP contribution in [-0.4, -0.2) is 33.7 Å². The molecule has 0 aliphatic carbocycles. The number of halogens is 2. The molecule has 6 nitrogen and oxygen atoms in total. The van der Waals surface area contributed by atoms with Crippen molar-refractivity contribution in [3.8, 4) is 0 Å². The van der Waals surface area contributed by atoms with Gasteiger partial charge in [-0.25, -0.2) is 22.7 Å². The summed E-state index contributed by atoms with van der Waals surface area (Å²) >= 11 is 2.89. The van der Waals surface area contributed by atoms with Gasteiger partial charge in [0, 0.05) is 11.1 Å². The van der Waals surface area contributed by atoms with Crippen LogP contribution >= 0.6 is 15.9 Å². The highest BCUT2D eigenvalue weighted by Crippen LogP contribution is 2.25. The first-order chi connectivity index (χ1) is 9.79. The number of carbonyl (C=O) groups excluding carboxylic acids is 1. The molecule has 2 N–H and O–H groups in total. The van der Waals surface area contributed by atoms with Gasteiger partial charge in [-0.1, -0.05) is 0 Å². The van der Waals surface area contributed by atoms with E-state index in [4.69, 9.17) is 14.6 Å². The maximum absolute atomic E-state index is 13.8. The van der Waals surface area contributed by atoms with E-state index in [1.54, 1.807) is 0 Å². The number of nitrogens with two attached hydrogens (primary N) is 1. The van der Waals surface area contributed by atoms with Crippen molar-refractivity contribution in [3.63, 3.8) is 0 Å². The number of esters is 1. The highest BCUT2D eigenvalue weighted by Gasteiger charge is 2.23. The van der Waals surface area contributed by atoms with Gasteiger partial charge >= 0.3 is 5.97 Å². The minimum absolute atomic E-state index is 0.000947. The fourth-order valence-electron chi connectivity index (χ4n) is 1.93. The van der Waals surface area contributed by atoms with E-state index in [1.165, 1.54) is 0 Å². The number of ether oxygens (including phenoxy) is 2. The Bertz CT molecular complexity index is 658. The second kappa shape index (κ2) is 6.39. The third kappa shape index (κ3) is 4.00. The summed E-state index contributed by atoms with van der Waals surface area (Å²) in [6.07, 6.45) is 1.44. The zero-order valence-corrected chi connectivity index (χ0v) is 13.2. The van der Waals surface area contributed by atoms with E-state index in [0.717, 1.165) is 25.0 Å². The quantitative estimate of drug-likeness (QED) is 0.798. The summed E-state index contributed by atoms with van der Waals surface area (Å²) in [6, 6.07) is 1.72. The number of benzene rings is 1. The Kier molecular flexibility index (Phi) is 4.97. The Hall–Kier alpha value is -1.03. The summed E-state index contributed by atoms with van der Waals surface area (Å²) in [5.41, 5.74) is -0.486. The fraction of sp³-hybridized carbons (Fsp3) is 0.417. The van der Waals surface area contributed by atoms with Gasteiger partial charge in [-0.3, -0.25) is 0 Å². The lowest BCUT2D eigenvalue weighted by Crippen LogP contribution is -2.20. The van der Waals surface area contributed by atoms with Crippen LogP contribution in [0.5, 0.6) is 0 Å². The molecule has 1 saturated heterocycles. The second-order valence-corrected chi connectivity index (χ2v) is 6.93. The SMILES string of the molecule is NS(=O)(=O)c1cc(C(=O)OCC2CCCO2)c(F)cc1Br. The molecule has 9 heteroatoms. The van der Waals surface area contributed by atoms with Gasteiger partial charge in [-0.2, -0.15) is 0 Å². The number of rotatable bonds is 4. The van der Waals surface area contributed by atoms with Gasteiger partial charge in [-0.15, -0.1) is 0 Å². The van der Waals surface area contributed by atoms with Crippen molar-refractivity contribution in [2.24, 2.45) is 5.14 Å². The Labute approximate surface area is 129 Å². The van der Waals surface area contributed by atoms with Crippen LogP contribution in [0.3, 0.4) is 0 Å². The third-order valence-corrected chi connectivity index (χ3v) is 4.84. The monoisotopic (exact) mass is 381 g/mol. The van der Waals surface area contributed by atoms with Crippen molar-refractivity contribution < 1.29 is 27.1 Å². The molecular weight excluding hydrogens is 369 g/mol. The zero-order chi connectivity index (χ0) is 15.6. The molecule has 0 aromatic heterocycles. The highest BCUT2D eigenvalue weighted by molar-refractivity contribution is 9.10. The predicted molar refractivity (Wildman–Crippen MR) is 74.7 cm³/mol. The van der Waals surface area contributed by atoms with Crippen molar-refractivity contribution in [1.29, 1.82) is 0 Å². The molecule has 0 bridgehead atoms. The van der Waals surface area contributed by atoms with Gasteiger partial charge < -0.3 is 9.47 Å². The molecule has 0 amide bonds. The number of primary sulfonamides is 1. The zero-order valence-electron chi connectivity index (χ0n) is 10.8. The van der Waals surface area contributed by atoms with E-state index in [-0.39, 0.29) is 22.1 Å². The molecule has 0 saturated carbocycles. The Balaban J connectivity index is 2.20. The molecule has 0 spiro atoms. The second-order valence-electron chi connectivity index (χ2n) is 4.54. The average Bonchev–Trinajstić information content (AvgIpc) is 2.87. The summed E-state index contributed by atoms with van der Waals surface area (Å²) in [7, 11) is -4.08. The summed E-state index contributed by atoms with van der Waals surface area (Å²) in [4.78, 5) is 11.5. The number of carbonyl (C=O) groups is 1. The maximum Gasteiger partial charge on any atom is 0.341 e. The number of hydrogen-bond acceptors (Lipinski definition) is 5. The fourth-order valence-corrected chi connectivity index (χ4v) is 3.53. The first-order valence-corrected chi connectivity index (χ1v) is 8.43. The van der Waals surface area contributed by atoms with Gasteiger partial charge in [0.25, 0.3) is 0 Å². The van der Waals surface area contributed by atoms with E-state index in [2.05, 4.69) is 15.9 Å². The van der Waals surface area contributed by atoms with E-state index in [9.17, 15) is 17.6 Å². The minimum atomic E-state index is -4.08. The van der Waals surface area contributed by atoms with Crippen LogP contribution in [0, 0.1) is 5.82 Å². The molecule has 1 aliphatic heterocycles. The molecule has 2 rings (SSSR count). The summed E-state index contributed by atoms with van der Waals surface area (Å²) in [6.45, 7) is 0.601. The van der Waals surface area contributed by atoms with E-state index >= 15 is 0 Å². The maximum atomic E-state index is 13.8. The van der Waals surface area contributed by atoms with Gasteiger partial charge in [0.05, 0.1) is 16.6 Å². The molecule has 1 heterocycles. The van der Waals surface area contributed by atoms with Crippen LogP contribution in [0.25, 0.3) is 0 Å². The van der Waals surface area contributed by atoms with Gasteiger partial charge in [0.2, 0.25) is 10.0 Å². The van der Waals surface area contributed by atoms with Crippen molar-refractivity contribution in [3.05, 3.63) is 28.0 Å². The minimum Gasteiger partial charge on any atom is -0.459 e. The average molecular weight is 382 g/mol. The van der Waals surface area contributed by atoms with Crippen molar-refractivity contribution in [2.75, 3.05) is 13.2 Å². The van der Waals surface area contributed by atoms with Crippen LogP contribution in [0.1, 0.15) is 23.2 Å². The van der Waals surface area contributed by atoms with Gasteiger partial charge in [-0.05, 0) is 40.9 Å². The topological polar surface area (TPSA) is 95.7 Å². The van der Waals surface area contributed by atoms with Gasteiger partial charge in [0.1, 0.15) is 12.4 Å². The van der Waals surface area contributed by atoms with Crippen molar-refractivity contribution in [1.82, 2.24) is 0 Å². The third-order valence-electron chi connectivity index (χ3n) is 2.97. The van der Waals surface area contributed by atoms with Crippen molar-refractivity contribution >= 4 is 31.9 Å². The molecule has 1 aromatic carbocycles. The standard InChI is InChI=1S/C12H13BrFNO5S/c13-9-5-10(14)8(4-11(9)21(15,17)18)12(16)20-6-7-2-1-3-19-7/h4-5,7H,1-3,6H2,(H2,15,17,18). The van der Waals surface area contributed by atoms with Gasteiger partial charge in [0.15, 0.2) is 0 Å². The molecule has 1 fully saturated rings. The predicted octanol–water partition coefficient (Wildman–Crippen LogP) is 1.57. The number of sulfonamides is 1. The number of hydrogen-bond donors (Lipinski definition) is 1. The van der Waals surface area contributed by atoms with Crippen LogP contribution in [0.4, 0.5) is 4.39 Å². The molecule has 116 valence electrons. The Morgan fingerprint density at radius 3 is 2.81 bits per heavy atom. The summed E-state index contributed by atoms with van der Waals surface area (Å²) in [5, 5.41) is 5.00. The van der Waals surface area contributed by atoms with Crippen molar-refractivity contribution in [2.45, 2.75) is 23.8 Å². The lowest BCUT2D eigenvalue weighted by atomic mass is 10.2. The van der Waals surface area contributed by atoms with Crippen LogP contribution in [0.15, 0.2) is 21.5 Å². The molecule has 1 atom stereocenters. The molecule has 1 unspecified atom stereocenters.